The van der Waals surface area contributed by atoms with E-state index >= 15 is 0 Å². The molecule has 0 N–H and O–H groups in total. The molecule has 3 rings (SSSR count). The molecule has 0 aromatic heterocycles. The second kappa shape index (κ2) is 5.27. The Bertz CT molecular complexity index is 661. The number of fused-ring (bicyclic) bond motifs is 2. The Balaban J connectivity index is 2.03. The van der Waals surface area contributed by atoms with E-state index in [1.165, 1.54) is 5.39 Å². The van der Waals surface area contributed by atoms with Crippen molar-refractivity contribution in [2.45, 2.75) is 23.7 Å². The SMILES string of the molecule is CCCOC1C=Cc2cc3ccccc3cc2S1=O. The molecule has 2 nitrogen and oxygen atoms in total. The van der Waals surface area contributed by atoms with Gasteiger partial charge in [0, 0.05) is 11.5 Å². The molecular weight excluding hydrogens is 256 g/mol. The third kappa shape index (κ3) is 2.36. The van der Waals surface area contributed by atoms with Crippen LogP contribution in [0.1, 0.15) is 18.9 Å². The topological polar surface area (TPSA) is 26.3 Å². The molecule has 0 saturated heterocycles. The van der Waals surface area contributed by atoms with Crippen LogP contribution >= 0.6 is 0 Å². The highest BCUT2D eigenvalue weighted by Gasteiger charge is 2.22. The van der Waals surface area contributed by atoms with Gasteiger partial charge in [0.2, 0.25) is 0 Å². The largest absolute Gasteiger partial charge is 0.360 e. The van der Waals surface area contributed by atoms with Gasteiger partial charge in [-0.1, -0.05) is 37.3 Å². The molecule has 0 saturated carbocycles. The minimum atomic E-state index is -1.12. The summed E-state index contributed by atoms with van der Waals surface area (Å²) in [5, 5.41) is 2.30. The summed E-state index contributed by atoms with van der Waals surface area (Å²) in [7, 11) is -1.12. The van der Waals surface area contributed by atoms with Crippen molar-refractivity contribution in [1.29, 1.82) is 0 Å². The van der Waals surface area contributed by atoms with Crippen LogP contribution in [0.25, 0.3) is 16.8 Å². The number of hydrogen-bond donors (Lipinski definition) is 0. The highest BCUT2D eigenvalue weighted by molar-refractivity contribution is 7.85. The van der Waals surface area contributed by atoms with Gasteiger partial charge in [0.05, 0.1) is 10.8 Å². The Morgan fingerprint density at radius 3 is 2.68 bits per heavy atom. The number of benzene rings is 2. The van der Waals surface area contributed by atoms with Crippen molar-refractivity contribution in [2.24, 2.45) is 0 Å². The van der Waals surface area contributed by atoms with E-state index in [0.717, 1.165) is 22.3 Å². The summed E-state index contributed by atoms with van der Waals surface area (Å²) in [6.07, 6.45) is 4.86. The quantitative estimate of drug-likeness (QED) is 0.851. The van der Waals surface area contributed by atoms with Gasteiger partial charge in [-0.25, -0.2) is 0 Å². The molecule has 2 aromatic rings. The van der Waals surface area contributed by atoms with Crippen LogP contribution in [0.3, 0.4) is 0 Å². The summed E-state index contributed by atoms with van der Waals surface area (Å²) in [4.78, 5) is 0.877. The first kappa shape index (κ1) is 12.6. The summed E-state index contributed by atoms with van der Waals surface area (Å²) in [5.41, 5.74) is 0.724. The number of rotatable bonds is 3. The van der Waals surface area contributed by atoms with E-state index in [-0.39, 0.29) is 5.44 Å². The lowest BCUT2D eigenvalue weighted by Crippen LogP contribution is -2.20. The highest BCUT2D eigenvalue weighted by atomic mass is 32.2. The third-order valence-corrected chi connectivity index (χ3v) is 4.73. The van der Waals surface area contributed by atoms with Crippen molar-refractivity contribution >= 4 is 27.6 Å². The van der Waals surface area contributed by atoms with Crippen molar-refractivity contribution in [3.05, 3.63) is 48.0 Å². The van der Waals surface area contributed by atoms with Crippen LogP contribution in [-0.2, 0) is 15.5 Å². The van der Waals surface area contributed by atoms with E-state index in [1.807, 2.05) is 36.4 Å². The Morgan fingerprint density at radius 2 is 1.95 bits per heavy atom. The zero-order valence-corrected chi connectivity index (χ0v) is 11.7. The van der Waals surface area contributed by atoms with Crippen molar-refractivity contribution in [3.63, 3.8) is 0 Å². The van der Waals surface area contributed by atoms with E-state index in [1.54, 1.807) is 0 Å². The Kier molecular flexibility index (Phi) is 3.49. The first-order valence-electron chi connectivity index (χ1n) is 6.53. The maximum Gasteiger partial charge on any atom is 0.155 e. The van der Waals surface area contributed by atoms with Gasteiger partial charge in [-0.2, -0.15) is 0 Å². The van der Waals surface area contributed by atoms with Gasteiger partial charge >= 0.3 is 0 Å². The van der Waals surface area contributed by atoms with Gasteiger partial charge < -0.3 is 4.74 Å². The zero-order chi connectivity index (χ0) is 13.2. The van der Waals surface area contributed by atoms with Crippen LogP contribution in [-0.4, -0.2) is 16.3 Å². The molecule has 0 fully saturated rings. The maximum absolute atomic E-state index is 12.5. The van der Waals surface area contributed by atoms with Crippen molar-refractivity contribution in [3.8, 4) is 0 Å². The number of hydrogen-bond acceptors (Lipinski definition) is 2. The first-order chi connectivity index (χ1) is 9.29. The van der Waals surface area contributed by atoms with Gasteiger partial charge in [-0.05, 0) is 41.0 Å². The van der Waals surface area contributed by atoms with E-state index in [9.17, 15) is 4.21 Å². The minimum Gasteiger partial charge on any atom is -0.360 e. The third-order valence-electron chi connectivity index (χ3n) is 3.23. The summed E-state index contributed by atoms with van der Waals surface area (Å²) in [6, 6.07) is 12.3. The standard InChI is InChI=1S/C16H16O2S/c1-2-9-18-16-8-7-14-10-12-5-3-4-6-13(12)11-15(14)19(16)17/h3-8,10-11,16H,2,9H2,1H3. The molecule has 1 aliphatic heterocycles. The molecule has 2 unspecified atom stereocenters. The van der Waals surface area contributed by atoms with Gasteiger partial charge in [0.25, 0.3) is 0 Å². The molecule has 1 heterocycles. The van der Waals surface area contributed by atoms with Crippen LogP contribution in [0.5, 0.6) is 0 Å². The fraction of sp³-hybridized carbons (Fsp3) is 0.250. The first-order valence-corrected chi connectivity index (χ1v) is 7.74. The predicted octanol–water partition coefficient (Wildman–Crippen LogP) is 3.73. The smallest absolute Gasteiger partial charge is 0.155 e. The van der Waals surface area contributed by atoms with E-state index < -0.39 is 10.8 Å². The zero-order valence-electron chi connectivity index (χ0n) is 10.8. The maximum atomic E-state index is 12.5. The van der Waals surface area contributed by atoms with Crippen LogP contribution < -0.4 is 0 Å². The van der Waals surface area contributed by atoms with Crippen LogP contribution in [0.2, 0.25) is 0 Å². The van der Waals surface area contributed by atoms with Gasteiger partial charge in [-0.15, -0.1) is 0 Å². The molecule has 0 aliphatic carbocycles. The Hall–Kier alpha value is -1.45. The second-order valence-electron chi connectivity index (χ2n) is 4.63. The van der Waals surface area contributed by atoms with E-state index in [0.29, 0.717) is 6.61 Å². The van der Waals surface area contributed by atoms with Crippen molar-refractivity contribution in [2.75, 3.05) is 6.61 Å². The Morgan fingerprint density at radius 1 is 1.21 bits per heavy atom. The fourth-order valence-electron chi connectivity index (χ4n) is 2.27. The van der Waals surface area contributed by atoms with Gasteiger partial charge in [0.15, 0.2) is 5.44 Å². The normalized spacial score (nSPS) is 21.5. The van der Waals surface area contributed by atoms with Crippen LogP contribution in [0.15, 0.2) is 47.4 Å². The molecule has 0 spiro atoms. The molecule has 0 bridgehead atoms. The highest BCUT2D eigenvalue weighted by Crippen LogP contribution is 2.29. The second-order valence-corrected chi connectivity index (χ2v) is 6.13. The molecule has 2 atom stereocenters. The molecule has 0 radical (unpaired) electrons. The van der Waals surface area contributed by atoms with Crippen molar-refractivity contribution in [1.82, 2.24) is 0 Å². The van der Waals surface area contributed by atoms with Gasteiger partial charge in [0.1, 0.15) is 0 Å². The Labute approximate surface area is 115 Å². The molecule has 1 aliphatic rings. The molecule has 19 heavy (non-hydrogen) atoms. The van der Waals surface area contributed by atoms with Crippen molar-refractivity contribution < 1.29 is 8.95 Å². The van der Waals surface area contributed by atoms with E-state index in [4.69, 9.17) is 4.74 Å². The molecular formula is C16H16O2S. The number of ether oxygens (including phenoxy) is 1. The molecule has 3 heteroatoms. The lowest BCUT2D eigenvalue weighted by atomic mass is 10.1. The summed E-state index contributed by atoms with van der Waals surface area (Å²) in [5.74, 6) is 0. The van der Waals surface area contributed by atoms with Crippen LogP contribution in [0, 0.1) is 0 Å². The fourth-order valence-corrected chi connectivity index (χ4v) is 3.57. The predicted molar refractivity (Wildman–Crippen MR) is 79.4 cm³/mol. The summed E-state index contributed by atoms with van der Waals surface area (Å²) >= 11 is 0. The lowest BCUT2D eigenvalue weighted by Gasteiger charge is -2.19. The monoisotopic (exact) mass is 272 g/mol. The minimum absolute atomic E-state index is 0.311. The molecule has 2 aromatic carbocycles. The lowest BCUT2D eigenvalue weighted by molar-refractivity contribution is 0.137. The average Bonchev–Trinajstić information content (AvgIpc) is 2.45. The van der Waals surface area contributed by atoms with Gasteiger partial charge in [-0.3, -0.25) is 4.21 Å². The molecule has 0 amide bonds. The van der Waals surface area contributed by atoms with E-state index in [2.05, 4.69) is 19.1 Å². The summed E-state index contributed by atoms with van der Waals surface area (Å²) < 4.78 is 18.1. The average molecular weight is 272 g/mol. The summed E-state index contributed by atoms with van der Waals surface area (Å²) in [6.45, 7) is 2.70. The van der Waals surface area contributed by atoms with Crippen LogP contribution in [0.4, 0.5) is 0 Å². The molecule has 98 valence electrons.